The van der Waals surface area contributed by atoms with Crippen molar-refractivity contribution in [1.82, 2.24) is 0 Å². The minimum atomic E-state index is -0.403. The lowest BCUT2D eigenvalue weighted by atomic mass is 10.0. The Balaban J connectivity index is 1.87. The van der Waals surface area contributed by atoms with Crippen LogP contribution in [0.25, 0.3) is 0 Å². The van der Waals surface area contributed by atoms with Crippen molar-refractivity contribution in [2.75, 3.05) is 12.3 Å². The maximum absolute atomic E-state index is 11.9. The van der Waals surface area contributed by atoms with Crippen molar-refractivity contribution in [3.8, 4) is 5.75 Å². The molecule has 4 nitrogen and oxygen atoms in total. The predicted molar refractivity (Wildman–Crippen MR) is 113 cm³/mol. The molecule has 0 unspecified atom stereocenters. The number of esters is 1. The molecule has 0 saturated carbocycles. The number of phenolic OH excluding ortho intramolecular Hbond substituents is 1. The molecule has 0 aromatic heterocycles. The van der Waals surface area contributed by atoms with Crippen LogP contribution >= 0.6 is 0 Å². The van der Waals surface area contributed by atoms with E-state index in [9.17, 15) is 9.90 Å². The Morgan fingerprint density at radius 2 is 1.33 bits per heavy atom. The van der Waals surface area contributed by atoms with E-state index in [1.54, 1.807) is 6.07 Å². The van der Waals surface area contributed by atoms with Crippen LogP contribution in [0.4, 0.5) is 5.69 Å². The summed E-state index contributed by atoms with van der Waals surface area (Å²) < 4.78 is 5.24. The van der Waals surface area contributed by atoms with E-state index in [1.807, 2.05) is 0 Å². The maximum Gasteiger partial charge on any atom is 0.338 e. The number of anilines is 1. The molecule has 1 rings (SSSR count). The molecule has 0 atom stereocenters. The van der Waals surface area contributed by atoms with Gasteiger partial charge in [-0.15, -0.1) is 0 Å². The summed E-state index contributed by atoms with van der Waals surface area (Å²) in [6, 6.07) is 4.43. The maximum atomic E-state index is 11.9. The summed E-state index contributed by atoms with van der Waals surface area (Å²) in [6.45, 7) is 2.70. The van der Waals surface area contributed by atoms with Gasteiger partial charge in [-0.2, -0.15) is 0 Å². The molecule has 1 aromatic carbocycles. The molecule has 0 saturated heterocycles. The Morgan fingerprint density at radius 3 is 1.81 bits per heavy atom. The van der Waals surface area contributed by atoms with Crippen molar-refractivity contribution < 1.29 is 14.6 Å². The molecule has 0 fully saturated rings. The zero-order valence-electron chi connectivity index (χ0n) is 17.2. The molecule has 4 heteroatoms. The number of nitrogens with two attached hydrogens (primary N) is 1. The molecule has 0 bridgehead atoms. The van der Waals surface area contributed by atoms with E-state index in [-0.39, 0.29) is 11.4 Å². The highest BCUT2D eigenvalue weighted by atomic mass is 16.5. The van der Waals surface area contributed by atoms with Crippen LogP contribution in [-0.2, 0) is 4.74 Å². The minimum absolute atomic E-state index is 0.0825. The first-order chi connectivity index (χ1) is 13.1. The molecule has 0 aliphatic heterocycles. The van der Waals surface area contributed by atoms with Crippen LogP contribution in [0.2, 0.25) is 0 Å². The lowest BCUT2D eigenvalue weighted by molar-refractivity contribution is 0.0497. The van der Waals surface area contributed by atoms with Crippen LogP contribution < -0.4 is 5.73 Å². The van der Waals surface area contributed by atoms with Crippen molar-refractivity contribution in [2.24, 2.45) is 0 Å². The lowest BCUT2D eigenvalue weighted by Gasteiger charge is -2.06. The fraction of sp³-hybridized carbons (Fsp3) is 0.696. The number of nitrogen functional groups attached to an aromatic ring is 1. The molecular formula is C23H39NO3. The van der Waals surface area contributed by atoms with Gasteiger partial charge in [0.2, 0.25) is 0 Å². The molecule has 0 spiro atoms. The van der Waals surface area contributed by atoms with E-state index < -0.39 is 5.97 Å². The highest BCUT2D eigenvalue weighted by Crippen LogP contribution is 2.21. The van der Waals surface area contributed by atoms with Gasteiger partial charge >= 0.3 is 5.97 Å². The zero-order chi connectivity index (χ0) is 19.7. The third kappa shape index (κ3) is 11.6. The van der Waals surface area contributed by atoms with Crippen LogP contribution in [0, 0.1) is 0 Å². The number of carbonyl (C=O) groups is 1. The molecule has 3 N–H and O–H groups in total. The summed E-state index contributed by atoms with van der Waals surface area (Å²) in [6.07, 6.45) is 18.3. The van der Waals surface area contributed by atoms with Gasteiger partial charge in [-0.1, -0.05) is 90.4 Å². The quantitative estimate of drug-likeness (QED) is 0.147. The normalized spacial score (nSPS) is 10.9. The van der Waals surface area contributed by atoms with Gasteiger partial charge in [0, 0.05) is 0 Å². The number of carbonyl (C=O) groups excluding carboxylic acids is 1. The average Bonchev–Trinajstić information content (AvgIpc) is 2.66. The van der Waals surface area contributed by atoms with E-state index in [2.05, 4.69) is 6.92 Å². The van der Waals surface area contributed by atoms with Crippen molar-refractivity contribution in [3.05, 3.63) is 23.8 Å². The summed E-state index contributed by atoms with van der Waals surface area (Å²) in [5, 5.41) is 9.52. The zero-order valence-corrected chi connectivity index (χ0v) is 17.2. The molecule has 0 aliphatic carbocycles. The molecule has 27 heavy (non-hydrogen) atoms. The second-order valence-electron chi connectivity index (χ2n) is 7.51. The first-order valence-electron chi connectivity index (χ1n) is 10.9. The van der Waals surface area contributed by atoms with E-state index in [0.29, 0.717) is 12.2 Å². The van der Waals surface area contributed by atoms with Gasteiger partial charge < -0.3 is 15.6 Å². The van der Waals surface area contributed by atoms with Gasteiger partial charge in [0.05, 0.1) is 17.9 Å². The second-order valence-corrected chi connectivity index (χ2v) is 7.51. The van der Waals surface area contributed by atoms with E-state index in [0.717, 1.165) is 12.8 Å². The summed E-state index contributed by atoms with van der Waals surface area (Å²) >= 11 is 0. The van der Waals surface area contributed by atoms with Crippen molar-refractivity contribution in [1.29, 1.82) is 0 Å². The number of aromatic hydroxyl groups is 1. The monoisotopic (exact) mass is 377 g/mol. The third-order valence-electron chi connectivity index (χ3n) is 5.00. The van der Waals surface area contributed by atoms with E-state index in [4.69, 9.17) is 10.5 Å². The Bertz CT molecular complexity index is 516. The van der Waals surface area contributed by atoms with Gasteiger partial charge in [0.15, 0.2) is 0 Å². The number of phenols is 1. The predicted octanol–water partition coefficient (Wildman–Crippen LogP) is 6.61. The number of rotatable bonds is 16. The summed E-state index contributed by atoms with van der Waals surface area (Å²) in [4.78, 5) is 11.9. The Morgan fingerprint density at radius 1 is 0.852 bits per heavy atom. The minimum Gasteiger partial charge on any atom is -0.506 e. The summed E-state index contributed by atoms with van der Waals surface area (Å²) in [7, 11) is 0. The van der Waals surface area contributed by atoms with Gasteiger partial charge in [-0.3, -0.25) is 0 Å². The van der Waals surface area contributed by atoms with Crippen LogP contribution in [0.15, 0.2) is 18.2 Å². The molecule has 0 amide bonds. The first-order valence-corrected chi connectivity index (χ1v) is 10.9. The average molecular weight is 378 g/mol. The Hall–Kier alpha value is -1.71. The smallest absolute Gasteiger partial charge is 0.338 e. The number of unbranched alkanes of at least 4 members (excludes halogenated alkanes) is 13. The third-order valence-corrected chi connectivity index (χ3v) is 5.00. The number of hydrogen-bond donors (Lipinski definition) is 2. The topological polar surface area (TPSA) is 72.5 Å². The molecule has 154 valence electrons. The largest absolute Gasteiger partial charge is 0.506 e. The lowest BCUT2D eigenvalue weighted by Crippen LogP contribution is -2.06. The van der Waals surface area contributed by atoms with Crippen LogP contribution in [-0.4, -0.2) is 17.7 Å². The van der Waals surface area contributed by atoms with Gasteiger partial charge in [0.1, 0.15) is 5.75 Å². The van der Waals surface area contributed by atoms with Crippen molar-refractivity contribution in [3.63, 3.8) is 0 Å². The number of ether oxygens (including phenoxy) is 1. The first kappa shape index (κ1) is 23.3. The standard InChI is InChI=1S/C23H39NO3/c1-2-3-4-5-6-7-8-9-10-11-12-13-14-15-18-27-23(26)20-16-17-21(24)22(25)19-20/h16-17,19,25H,2-15,18,24H2,1H3. The van der Waals surface area contributed by atoms with Crippen LogP contribution in [0.1, 0.15) is 107 Å². The number of benzene rings is 1. The summed E-state index contributed by atoms with van der Waals surface area (Å²) in [5.74, 6) is -0.485. The molecular weight excluding hydrogens is 338 g/mol. The highest BCUT2D eigenvalue weighted by molar-refractivity contribution is 5.90. The molecule has 0 aliphatic rings. The molecule has 0 radical (unpaired) electrons. The van der Waals surface area contributed by atoms with E-state index in [1.165, 1.54) is 89.2 Å². The van der Waals surface area contributed by atoms with Crippen LogP contribution in [0.5, 0.6) is 5.75 Å². The van der Waals surface area contributed by atoms with Gasteiger partial charge in [-0.25, -0.2) is 4.79 Å². The van der Waals surface area contributed by atoms with Gasteiger partial charge in [-0.05, 0) is 24.6 Å². The van der Waals surface area contributed by atoms with Crippen molar-refractivity contribution >= 4 is 11.7 Å². The highest BCUT2D eigenvalue weighted by Gasteiger charge is 2.09. The Kier molecular flexibility index (Phi) is 13.3. The van der Waals surface area contributed by atoms with Crippen LogP contribution in [0.3, 0.4) is 0 Å². The molecule has 0 heterocycles. The fourth-order valence-corrected chi connectivity index (χ4v) is 3.22. The van der Waals surface area contributed by atoms with Crippen molar-refractivity contribution in [2.45, 2.75) is 96.8 Å². The molecule has 1 aromatic rings. The Labute approximate surface area is 165 Å². The number of hydrogen-bond acceptors (Lipinski definition) is 4. The fourth-order valence-electron chi connectivity index (χ4n) is 3.22. The SMILES string of the molecule is CCCCCCCCCCCCCCCCOC(=O)c1ccc(N)c(O)c1. The van der Waals surface area contributed by atoms with E-state index >= 15 is 0 Å². The second kappa shape index (κ2) is 15.4. The summed E-state index contributed by atoms with van der Waals surface area (Å²) in [5.41, 5.74) is 6.12. The van der Waals surface area contributed by atoms with Gasteiger partial charge in [0.25, 0.3) is 0 Å².